The Kier molecular flexibility index (Phi) is 5.53. The van der Waals surface area contributed by atoms with Crippen molar-refractivity contribution in [3.05, 3.63) is 70.2 Å². The number of amides is 1. The summed E-state index contributed by atoms with van der Waals surface area (Å²) in [6.07, 6.45) is 1.49. The van der Waals surface area contributed by atoms with E-state index in [2.05, 4.69) is 26.5 Å². The number of hydrogen-bond acceptors (Lipinski definition) is 4. The second kappa shape index (κ2) is 8.01. The lowest BCUT2D eigenvalue weighted by Crippen LogP contribution is -2.17. The predicted octanol–water partition coefficient (Wildman–Crippen LogP) is 4.47. The fourth-order valence-electron chi connectivity index (χ4n) is 2.49. The fourth-order valence-corrected chi connectivity index (χ4v) is 2.95. The number of benzene rings is 3. The maximum atomic E-state index is 12.3. The first kappa shape index (κ1) is 17.9. The lowest BCUT2D eigenvalue weighted by molar-refractivity contribution is 0.0955. The molecule has 132 valence electrons. The van der Waals surface area contributed by atoms with Gasteiger partial charge in [-0.2, -0.15) is 5.10 Å². The molecule has 0 heterocycles. The van der Waals surface area contributed by atoms with E-state index in [1.807, 2.05) is 43.3 Å². The van der Waals surface area contributed by atoms with Crippen molar-refractivity contribution >= 4 is 38.8 Å². The van der Waals surface area contributed by atoms with E-state index in [1.165, 1.54) is 6.21 Å². The minimum atomic E-state index is -0.296. The van der Waals surface area contributed by atoms with Gasteiger partial charge in [0.2, 0.25) is 0 Å². The number of rotatable bonds is 5. The van der Waals surface area contributed by atoms with E-state index in [9.17, 15) is 9.90 Å². The highest BCUT2D eigenvalue weighted by Gasteiger charge is 2.09. The molecule has 0 fully saturated rings. The normalized spacial score (nSPS) is 11.0. The molecule has 0 unspecified atom stereocenters. The second-order valence-electron chi connectivity index (χ2n) is 5.54. The minimum absolute atomic E-state index is 0.0317. The molecule has 0 aliphatic heterocycles. The van der Waals surface area contributed by atoms with Crippen molar-refractivity contribution in [2.75, 3.05) is 6.61 Å². The summed E-state index contributed by atoms with van der Waals surface area (Å²) in [4.78, 5) is 12.3. The average molecular weight is 413 g/mol. The molecular weight excluding hydrogens is 396 g/mol. The van der Waals surface area contributed by atoms with E-state index < -0.39 is 0 Å². The summed E-state index contributed by atoms with van der Waals surface area (Å²) in [5.74, 6) is 0.0864. The largest absolute Gasteiger partial charge is 0.503 e. The Morgan fingerprint density at radius 2 is 1.96 bits per heavy atom. The van der Waals surface area contributed by atoms with Crippen molar-refractivity contribution in [2.45, 2.75) is 6.92 Å². The first-order valence-electron chi connectivity index (χ1n) is 8.06. The molecule has 0 atom stereocenters. The van der Waals surface area contributed by atoms with Gasteiger partial charge in [0.25, 0.3) is 5.91 Å². The van der Waals surface area contributed by atoms with Crippen molar-refractivity contribution in [1.82, 2.24) is 5.43 Å². The molecule has 3 aromatic rings. The first-order chi connectivity index (χ1) is 12.6. The van der Waals surface area contributed by atoms with Gasteiger partial charge in [0.05, 0.1) is 17.3 Å². The lowest BCUT2D eigenvalue weighted by Gasteiger charge is -2.08. The molecular formula is C20H17BrN2O3. The fraction of sp³-hybridized carbons (Fsp3) is 0.100. The average Bonchev–Trinajstić information content (AvgIpc) is 2.65. The Hall–Kier alpha value is -2.86. The first-order valence-corrected chi connectivity index (χ1v) is 8.85. The second-order valence-corrected chi connectivity index (χ2v) is 6.40. The third-order valence-electron chi connectivity index (χ3n) is 3.74. The number of hydrazone groups is 1. The van der Waals surface area contributed by atoms with Gasteiger partial charge >= 0.3 is 0 Å². The number of carbonyl (C=O) groups excluding carboxylic acids is 1. The molecule has 0 bridgehead atoms. The minimum Gasteiger partial charge on any atom is -0.503 e. The summed E-state index contributed by atoms with van der Waals surface area (Å²) in [6.45, 7) is 2.26. The Morgan fingerprint density at radius 3 is 2.73 bits per heavy atom. The zero-order valence-corrected chi connectivity index (χ0v) is 15.7. The van der Waals surface area contributed by atoms with Crippen molar-refractivity contribution in [3.8, 4) is 11.5 Å². The van der Waals surface area contributed by atoms with E-state index in [0.29, 0.717) is 28.0 Å². The monoisotopic (exact) mass is 412 g/mol. The van der Waals surface area contributed by atoms with Crippen molar-refractivity contribution in [2.24, 2.45) is 5.10 Å². The maximum Gasteiger partial charge on any atom is 0.271 e. The number of phenols is 1. The molecule has 0 saturated heterocycles. The highest BCUT2D eigenvalue weighted by atomic mass is 79.9. The summed E-state index contributed by atoms with van der Waals surface area (Å²) < 4.78 is 5.86. The summed E-state index contributed by atoms with van der Waals surface area (Å²) >= 11 is 3.27. The van der Waals surface area contributed by atoms with Crippen molar-refractivity contribution in [3.63, 3.8) is 0 Å². The molecule has 3 aromatic carbocycles. The van der Waals surface area contributed by atoms with Crippen LogP contribution in [-0.2, 0) is 0 Å². The molecule has 0 aliphatic rings. The van der Waals surface area contributed by atoms with E-state index in [0.717, 1.165) is 10.8 Å². The molecule has 3 rings (SSSR count). The van der Waals surface area contributed by atoms with Gasteiger partial charge in [0.15, 0.2) is 11.5 Å². The van der Waals surface area contributed by atoms with Crippen LogP contribution in [0.15, 0.2) is 64.2 Å². The number of halogens is 1. The number of hydrogen-bond donors (Lipinski definition) is 2. The van der Waals surface area contributed by atoms with E-state index in [-0.39, 0.29) is 11.7 Å². The Balaban J connectivity index is 1.74. The van der Waals surface area contributed by atoms with Crippen LogP contribution < -0.4 is 10.2 Å². The van der Waals surface area contributed by atoms with Gasteiger partial charge in [0, 0.05) is 5.56 Å². The lowest BCUT2D eigenvalue weighted by atomic mass is 10.1. The predicted molar refractivity (Wildman–Crippen MR) is 106 cm³/mol. The van der Waals surface area contributed by atoms with Gasteiger partial charge in [-0.05, 0) is 63.5 Å². The molecule has 0 spiro atoms. The summed E-state index contributed by atoms with van der Waals surface area (Å²) in [5.41, 5.74) is 3.72. The van der Waals surface area contributed by atoms with Crippen LogP contribution in [0.25, 0.3) is 10.8 Å². The number of aromatic hydroxyl groups is 1. The van der Waals surface area contributed by atoms with Crippen molar-refractivity contribution < 1.29 is 14.6 Å². The molecule has 0 aromatic heterocycles. The molecule has 2 N–H and O–H groups in total. The van der Waals surface area contributed by atoms with Gasteiger partial charge in [-0.1, -0.05) is 30.3 Å². The number of carbonyl (C=O) groups is 1. The zero-order valence-electron chi connectivity index (χ0n) is 14.1. The van der Waals surface area contributed by atoms with E-state index >= 15 is 0 Å². The van der Waals surface area contributed by atoms with Gasteiger partial charge in [-0.15, -0.1) is 0 Å². The van der Waals surface area contributed by atoms with Crippen LogP contribution in [0.5, 0.6) is 11.5 Å². The van der Waals surface area contributed by atoms with Gasteiger partial charge < -0.3 is 9.84 Å². The van der Waals surface area contributed by atoms with Gasteiger partial charge in [0.1, 0.15) is 0 Å². The number of phenolic OH excluding ortho intramolecular Hbond substituents is 1. The van der Waals surface area contributed by atoms with E-state index in [1.54, 1.807) is 18.2 Å². The standard InChI is InChI=1S/C20H17BrN2O3/c1-2-26-18-10-13(9-17(21)19(18)24)12-22-23-20(25)16-8-7-14-5-3-4-6-15(14)11-16/h3-12,24H,2H2,1H3,(H,23,25)/b22-12-. The molecule has 1 amide bonds. The molecule has 26 heavy (non-hydrogen) atoms. The number of nitrogens with zero attached hydrogens (tertiary/aromatic N) is 1. The summed E-state index contributed by atoms with van der Waals surface area (Å²) in [6, 6.07) is 16.7. The van der Waals surface area contributed by atoms with Crippen molar-refractivity contribution in [1.29, 1.82) is 0 Å². The van der Waals surface area contributed by atoms with Crippen LogP contribution in [0.2, 0.25) is 0 Å². The van der Waals surface area contributed by atoms with Gasteiger partial charge in [-0.3, -0.25) is 4.79 Å². The molecule has 6 heteroatoms. The smallest absolute Gasteiger partial charge is 0.271 e. The van der Waals surface area contributed by atoms with Gasteiger partial charge in [-0.25, -0.2) is 5.43 Å². The molecule has 5 nitrogen and oxygen atoms in total. The Bertz CT molecular complexity index is 986. The SMILES string of the molecule is CCOc1cc(/C=N\NC(=O)c2ccc3ccccc3c2)cc(Br)c1O. The quantitative estimate of drug-likeness (QED) is 0.479. The highest BCUT2D eigenvalue weighted by Crippen LogP contribution is 2.35. The van der Waals surface area contributed by atoms with E-state index in [4.69, 9.17) is 4.74 Å². The molecule has 0 radical (unpaired) electrons. The molecule has 0 saturated carbocycles. The summed E-state index contributed by atoms with van der Waals surface area (Å²) in [7, 11) is 0. The van der Waals surface area contributed by atoms with Crippen LogP contribution in [0.1, 0.15) is 22.8 Å². The molecule has 0 aliphatic carbocycles. The Morgan fingerprint density at radius 1 is 1.19 bits per heavy atom. The Labute approximate surface area is 159 Å². The zero-order chi connectivity index (χ0) is 18.5. The third kappa shape index (κ3) is 4.03. The van der Waals surface area contributed by atoms with Crippen LogP contribution >= 0.6 is 15.9 Å². The highest BCUT2D eigenvalue weighted by molar-refractivity contribution is 9.10. The summed E-state index contributed by atoms with van der Waals surface area (Å²) in [5, 5.41) is 16.0. The van der Waals surface area contributed by atoms with Crippen LogP contribution in [0, 0.1) is 0 Å². The topological polar surface area (TPSA) is 70.9 Å². The van der Waals surface area contributed by atoms with Crippen LogP contribution in [-0.4, -0.2) is 23.8 Å². The number of ether oxygens (including phenoxy) is 1. The number of fused-ring (bicyclic) bond motifs is 1. The maximum absolute atomic E-state index is 12.3. The number of nitrogens with one attached hydrogen (secondary N) is 1. The van der Waals surface area contributed by atoms with Crippen LogP contribution in [0.4, 0.5) is 0 Å². The third-order valence-corrected chi connectivity index (χ3v) is 4.35. The van der Waals surface area contributed by atoms with Crippen LogP contribution in [0.3, 0.4) is 0 Å².